The maximum absolute atomic E-state index is 12.8. The molecule has 1 heterocycles. The predicted molar refractivity (Wildman–Crippen MR) is 92.2 cm³/mol. The number of rotatable bonds is 4. The summed E-state index contributed by atoms with van der Waals surface area (Å²) in [5.74, 6) is -0.561. The Labute approximate surface area is 151 Å². The van der Waals surface area contributed by atoms with Crippen LogP contribution in [0.15, 0.2) is 36.9 Å². The average molecular weight is 368 g/mol. The van der Waals surface area contributed by atoms with Gasteiger partial charge in [-0.1, -0.05) is 31.6 Å². The molecule has 1 fully saturated rings. The molecule has 1 saturated heterocycles. The Bertz CT molecular complexity index is 656. The summed E-state index contributed by atoms with van der Waals surface area (Å²) in [4.78, 5) is 27.3. The molecule has 26 heavy (non-hydrogen) atoms. The van der Waals surface area contributed by atoms with Crippen LogP contribution in [0.5, 0.6) is 0 Å². The van der Waals surface area contributed by atoms with Crippen molar-refractivity contribution < 1.29 is 22.8 Å². The van der Waals surface area contributed by atoms with Gasteiger partial charge in [0.05, 0.1) is 18.2 Å². The zero-order chi connectivity index (χ0) is 19.3. The first kappa shape index (κ1) is 20.0. The second-order valence-electron chi connectivity index (χ2n) is 6.47. The number of alkyl halides is 3. The van der Waals surface area contributed by atoms with Crippen LogP contribution < -0.4 is 0 Å². The van der Waals surface area contributed by atoms with Gasteiger partial charge in [0.2, 0.25) is 11.8 Å². The molecular weight excluding hydrogens is 345 g/mol. The van der Waals surface area contributed by atoms with Gasteiger partial charge in [-0.2, -0.15) is 13.2 Å². The van der Waals surface area contributed by atoms with Crippen LogP contribution in [-0.4, -0.2) is 41.8 Å². The topological polar surface area (TPSA) is 40.6 Å². The van der Waals surface area contributed by atoms with Crippen LogP contribution in [0, 0.1) is 0 Å². The Kier molecular flexibility index (Phi) is 6.45. The highest BCUT2D eigenvalue weighted by Crippen LogP contribution is 2.33. The minimum atomic E-state index is -4.38. The van der Waals surface area contributed by atoms with E-state index in [4.69, 9.17) is 0 Å². The molecule has 1 aliphatic rings. The Hall–Kier alpha value is -2.31. The van der Waals surface area contributed by atoms with Crippen LogP contribution in [0.1, 0.15) is 42.9 Å². The van der Waals surface area contributed by atoms with E-state index < -0.39 is 11.7 Å². The number of likely N-dealkylation sites (N-methyl/N-ethyl adjacent to an activating group) is 1. The standard InChI is InChI=1S/C19H23F3N2O2/c1-3-17(25)23(2)13-18(26)24-12-6-4-5-7-16(24)14-8-10-15(11-9-14)19(20,21)22/h3,8-11,16H,1,4-7,12-13H2,2H3. The first-order valence-electron chi connectivity index (χ1n) is 8.58. The lowest BCUT2D eigenvalue weighted by Crippen LogP contribution is -2.42. The van der Waals surface area contributed by atoms with Crippen molar-refractivity contribution in [3.63, 3.8) is 0 Å². The Balaban J connectivity index is 2.21. The van der Waals surface area contributed by atoms with Gasteiger partial charge in [0, 0.05) is 13.6 Å². The summed E-state index contributed by atoms with van der Waals surface area (Å²) in [7, 11) is 1.52. The molecule has 0 radical (unpaired) electrons. The van der Waals surface area contributed by atoms with Crippen molar-refractivity contribution in [1.29, 1.82) is 0 Å². The van der Waals surface area contributed by atoms with E-state index in [1.807, 2.05) is 0 Å². The van der Waals surface area contributed by atoms with Crippen LogP contribution in [0.2, 0.25) is 0 Å². The molecule has 1 aromatic rings. The van der Waals surface area contributed by atoms with E-state index >= 15 is 0 Å². The summed E-state index contributed by atoms with van der Waals surface area (Å²) < 4.78 is 38.3. The molecule has 0 aromatic heterocycles. The SMILES string of the molecule is C=CC(=O)N(C)CC(=O)N1CCCCCC1c1ccc(C(F)(F)F)cc1. The van der Waals surface area contributed by atoms with E-state index in [1.54, 1.807) is 4.90 Å². The average Bonchev–Trinajstić information content (AvgIpc) is 2.86. The van der Waals surface area contributed by atoms with Crippen molar-refractivity contribution >= 4 is 11.8 Å². The molecule has 7 heteroatoms. The molecule has 0 saturated carbocycles. The Morgan fingerprint density at radius 2 is 1.88 bits per heavy atom. The molecule has 0 bridgehead atoms. The third-order valence-electron chi connectivity index (χ3n) is 4.62. The molecule has 0 aliphatic carbocycles. The van der Waals surface area contributed by atoms with Gasteiger partial charge >= 0.3 is 6.18 Å². The predicted octanol–water partition coefficient (Wildman–Crippen LogP) is 3.79. The number of halogens is 3. The summed E-state index contributed by atoms with van der Waals surface area (Å²) in [5.41, 5.74) is -0.0185. The normalized spacial score (nSPS) is 18.2. The van der Waals surface area contributed by atoms with Crippen LogP contribution in [0.4, 0.5) is 13.2 Å². The van der Waals surface area contributed by atoms with E-state index in [2.05, 4.69) is 6.58 Å². The fourth-order valence-electron chi connectivity index (χ4n) is 3.18. The maximum atomic E-state index is 12.8. The molecule has 142 valence electrons. The number of carbonyl (C=O) groups is 2. The van der Waals surface area contributed by atoms with Crippen molar-refractivity contribution in [2.75, 3.05) is 20.1 Å². The Morgan fingerprint density at radius 1 is 1.23 bits per heavy atom. The number of hydrogen-bond acceptors (Lipinski definition) is 2. The summed E-state index contributed by atoms with van der Waals surface area (Å²) in [6.45, 7) is 3.85. The molecule has 0 N–H and O–H groups in total. The van der Waals surface area contributed by atoms with E-state index in [0.717, 1.165) is 37.5 Å². The van der Waals surface area contributed by atoms with Crippen LogP contribution in [0.25, 0.3) is 0 Å². The third kappa shape index (κ3) is 4.86. The number of benzene rings is 1. The summed E-state index contributed by atoms with van der Waals surface area (Å²) in [6, 6.07) is 4.71. The highest BCUT2D eigenvalue weighted by molar-refractivity contribution is 5.90. The summed E-state index contributed by atoms with van der Waals surface area (Å²) in [5, 5.41) is 0. The van der Waals surface area contributed by atoms with E-state index in [-0.39, 0.29) is 24.4 Å². The van der Waals surface area contributed by atoms with E-state index in [1.165, 1.54) is 24.1 Å². The first-order chi connectivity index (χ1) is 12.2. The minimum absolute atomic E-state index is 0.0814. The van der Waals surface area contributed by atoms with Gasteiger partial charge in [-0.25, -0.2) is 0 Å². The van der Waals surface area contributed by atoms with E-state index in [0.29, 0.717) is 18.5 Å². The minimum Gasteiger partial charge on any atom is -0.334 e. The van der Waals surface area contributed by atoms with Crippen LogP contribution in [0.3, 0.4) is 0 Å². The van der Waals surface area contributed by atoms with Gasteiger partial charge in [-0.3, -0.25) is 9.59 Å². The van der Waals surface area contributed by atoms with Crippen molar-refractivity contribution in [1.82, 2.24) is 9.80 Å². The van der Waals surface area contributed by atoms with Gasteiger partial charge in [0.25, 0.3) is 0 Å². The van der Waals surface area contributed by atoms with Gasteiger partial charge in [-0.05, 0) is 36.6 Å². The molecule has 1 atom stereocenters. The number of nitrogens with zero attached hydrogens (tertiary/aromatic N) is 2. The quantitative estimate of drug-likeness (QED) is 0.759. The fourth-order valence-corrected chi connectivity index (χ4v) is 3.18. The number of amides is 2. The van der Waals surface area contributed by atoms with Crippen molar-refractivity contribution in [2.24, 2.45) is 0 Å². The smallest absolute Gasteiger partial charge is 0.334 e. The highest BCUT2D eigenvalue weighted by Gasteiger charge is 2.32. The monoisotopic (exact) mass is 368 g/mol. The van der Waals surface area contributed by atoms with Crippen molar-refractivity contribution in [3.05, 3.63) is 48.0 Å². The van der Waals surface area contributed by atoms with Crippen molar-refractivity contribution in [2.45, 2.75) is 37.9 Å². The lowest BCUT2D eigenvalue weighted by molar-refractivity contribution is -0.139. The molecule has 1 aromatic carbocycles. The maximum Gasteiger partial charge on any atom is 0.416 e. The number of likely N-dealkylation sites (tertiary alicyclic amines) is 1. The third-order valence-corrected chi connectivity index (χ3v) is 4.62. The van der Waals surface area contributed by atoms with Crippen LogP contribution in [-0.2, 0) is 15.8 Å². The molecule has 4 nitrogen and oxygen atoms in total. The summed E-state index contributed by atoms with van der Waals surface area (Å²) in [6.07, 6.45) is 0.145. The largest absolute Gasteiger partial charge is 0.416 e. The zero-order valence-corrected chi connectivity index (χ0v) is 14.8. The lowest BCUT2D eigenvalue weighted by Gasteiger charge is -2.32. The molecule has 0 spiro atoms. The van der Waals surface area contributed by atoms with Crippen LogP contribution >= 0.6 is 0 Å². The zero-order valence-electron chi connectivity index (χ0n) is 14.8. The lowest BCUT2D eigenvalue weighted by atomic mass is 9.99. The van der Waals surface area contributed by atoms with Gasteiger partial charge in [-0.15, -0.1) is 0 Å². The first-order valence-corrected chi connectivity index (χ1v) is 8.58. The highest BCUT2D eigenvalue weighted by atomic mass is 19.4. The number of hydrogen-bond donors (Lipinski definition) is 0. The Morgan fingerprint density at radius 3 is 2.46 bits per heavy atom. The molecule has 2 amide bonds. The molecular formula is C19H23F3N2O2. The summed E-state index contributed by atoms with van der Waals surface area (Å²) >= 11 is 0. The fraction of sp³-hybridized carbons (Fsp3) is 0.474. The second kappa shape index (κ2) is 8.38. The second-order valence-corrected chi connectivity index (χ2v) is 6.47. The van der Waals surface area contributed by atoms with Gasteiger partial charge < -0.3 is 9.80 Å². The molecule has 1 unspecified atom stereocenters. The van der Waals surface area contributed by atoms with Crippen molar-refractivity contribution in [3.8, 4) is 0 Å². The van der Waals surface area contributed by atoms with E-state index in [9.17, 15) is 22.8 Å². The molecule has 2 rings (SSSR count). The van der Waals surface area contributed by atoms with Gasteiger partial charge in [0.15, 0.2) is 0 Å². The molecule has 1 aliphatic heterocycles. The number of carbonyl (C=O) groups excluding carboxylic acids is 2. The van der Waals surface area contributed by atoms with Gasteiger partial charge in [0.1, 0.15) is 0 Å².